The summed E-state index contributed by atoms with van der Waals surface area (Å²) < 4.78 is 13.9. The minimum Gasteiger partial charge on any atom is -0.389 e. The van der Waals surface area contributed by atoms with Crippen LogP contribution in [0.15, 0.2) is 18.2 Å². The van der Waals surface area contributed by atoms with Gasteiger partial charge in [0.1, 0.15) is 16.5 Å². The molecule has 1 aliphatic rings. The van der Waals surface area contributed by atoms with Crippen molar-refractivity contribution in [1.82, 2.24) is 4.98 Å². The number of halogens is 2. The number of nitrogen functional groups attached to an aromatic ring is 1. The third kappa shape index (κ3) is 2.47. The minimum absolute atomic E-state index is 0.334. The van der Waals surface area contributed by atoms with Crippen LogP contribution in [0.5, 0.6) is 0 Å². The lowest BCUT2D eigenvalue weighted by molar-refractivity contribution is 0.630. The Kier molecular flexibility index (Phi) is 3.46. The van der Waals surface area contributed by atoms with Gasteiger partial charge in [-0.3, -0.25) is 0 Å². The molecule has 3 rings (SSSR count). The molecule has 0 saturated heterocycles. The number of rotatable bonds is 2. The third-order valence-corrected chi connectivity index (χ3v) is 4.84. The summed E-state index contributed by atoms with van der Waals surface area (Å²) in [5.74, 6) is 0.155. The lowest BCUT2D eigenvalue weighted by Crippen LogP contribution is -1.92. The van der Waals surface area contributed by atoms with Gasteiger partial charge in [0.25, 0.3) is 0 Å². The van der Waals surface area contributed by atoms with Crippen LogP contribution >= 0.6 is 22.9 Å². The van der Waals surface area contributed by atoms with Gasteiger partial charge >= 0.3 is 0 Å². The molecule has 0 amide bonds. The highest BCUT2D eigenvalue weighted by atomic mass is 35.5. The van der Waals surface area contributed by atoms with Crippen molar-refractivity contribution in [2.24, 2.45) is 0 Å². The molecule has 0 radical (unpaired) electrons. The summed E-state index contributed by atoms with van der Waals surface area (Å²) in [4.78, 5) is 4.56. The van der Waals surface area contributed by atoms with Crippen molar-refractivity contribution in [1.29, 1.82) is 0 Å². The number of hydrogen-bond donors (Lipinski definition) is 1. The Balaban J connectivity index is 2.02. The van der Waals surface area contributed by atoms with Crippen LogP contribution in [0.4, 0.5) is 9.39 Å². The van der Waals surface area contributed by atoms with Gasteiger partial charge in [-0.05, 0) is 31.0 Å². The average Bonchev–Trinajstić information content (AvgIpc) is 3.01. The molecule has 1 aromatic heterocycles. The van der Waals surface area contributed by atoms with E-state index >= 15 is 0 Å². The van der Waals surface area contributed by atoms with Crippen LogP contribution in [0.1, 0.15) is 36.6 Å². The maximum absolute atomic E-state index is 13.9. The highest BCUT2D eigenvalue weighted by molar-refractivity contribution is 7.16. The Morgan fingerprint density at radius 2 is 2.05 bits per heavy atom. The Labute approximate surface area is 120 Å². The monoisotopic (exact) mass is 296 g/mol. The van der Waals surface area contributed by atoms with E-state index in [-0.39, 0.29) is 5.82 Å². The molecule has 2 nitrogen and oxygen atoms in total. The zero-order valence-corrected chi connectivity index (χ0v) is 11.9. The van der Waals surface area contributed by atoms with Gasteiger partial charge < -0.3 is 5.73 Å². The van der Waals surface area contributed by atoms with Crippen LogP contribution in [0.3, 0.4) is 0 Å². The highest BCUT2D eigenvalue weighted by Crippen LogP contribution is 2.41. The molecule has 19 heavy (non-hydrogen) atoms. The molecule has 0 unspecified atom stereocenters. The minimum atomic E-state index is -0.334. The van der Waals surface area contributed by atoms with Gasteiger partial charge in [-0.25, -0.2) is 9.37 Å². The molecule has 1 saturated carbocycles. The van der Waals surface area contributed by atoms with E-state index in [1.807, 2.05) is 0 Å². The zero-order chi connectivity index (χ0) is 13.4. The molecule has 100 valence electrons. The van der Waals surface area contributed by atoms with Crippen LogP contribution in [-0.2, 0) is 0 Å². The van der Waals surface area contributed by atoms with Crippen molar-refractivity contribution in [3.63, 3.8) is 0 Å². The van der Waals surface area contributed by atoms with Crippen molar-refractivity contribution in [2.45, 2.75) is 31.6 Å². The fourth-order valence-electron chi connectivity index (χ4n) is 2.57. The number of nitrogens with zero attached hydrogens (tertiary/aromatic N) is 1. The van der Waals surface area contributed by atoms with E-state index in [1.54, 1.807) is 6.07 Å². The number of thiazole rings is 1. The van der Waals surface area contributed by atoms with Crippen LogP contribution in [-0.4, -0.2) is 4.98 Å². The number of anilines is 1. The first-order valence-corrected chi connectivity index (χ1v) is 7.56. The van der Waals surface area contributed by atoms with Crippen LogP contribution < -0.4 is 5.73 Å². The predicted octanol–water partition coefficient (Wildman–Crippen LogP) is 4.84. The molecular formula is C14H14ClFN2S. The predicted molar refractivity (Wildman–Crippen MR) is 78.1 cm³/mol. The Morgan fingerprint density at radius 1 is 1.32 bits per heavy atom. The van der Waals surface area contributed by atoms with Crippen LogP contribution in [0.25, 0.3) is 11.3 Å². The maximum Gasteiger partial charge on any atom is 0.132 e. The second-order valence-corrected chi connectivity index (χ2v) is 6.37. The normalized spacial score (nSPS) is 16.1. The van der Waals surface area contributed by atoms with Crippen molar-refractivity contribution in [2.75, 3.05) is 5.73 Å². The summed E-state index contributed by atoms with van der Waals surface area (Å²) in [6.07, 6.45) is 4.80. The fourth-order valence-corrected chi connectivity index (χ4v) is 3.76. The molecule has 1 heterocycles. The topological polar surface area (TPSA) is 38.9 Å². The van der Waals surface area contributed by atoms with Crippen molar-refractivity contribution < 1.29 is 4.39 Å². The molecule has 0 atom stereocenters. The number of nitrogens with two attached hydrogens (primary N) is 1. The van der Waals surface area contributed by atoms with E-state index in [1.165, 1.54) is 36.3 Å². The van der Waals surface area contributed by atoms with Gasteiger partial charge in [0.05, 0.1) is 5.01 Å². The van der Waals surface area contributed by atoms with Crippen LogP contribution in [0, 0.1) is 5.82 Å². The zero-order valence-electron chi connectivity index (χ0n) is 10.3. The van der Waals surface area contributed by atoms with Gasteiger partial charge in [-0.2, -0.15) is 0 Å². The SMILES string of the molecule is Nc1sc(C2CCCC2)nc1-c1cc(Cl)ccc1F. The lowest BCUT2D eigenvalue weighted by Gasteiger charge is -2.03. The molecule has 0 bridgehead atoms. The molecule has 0 spiro atoms. The molecular weight excluding hydrogens is 283 g/mol. The van der Waals surface area contributed by atoms with E-state index < -0.39 is 0 Å². The first-order chi connectivity index (χ1) is 9.15. The Hall–Kier alpha value is -1.13. The van der Waals surface area contributed by atoms with Gasteiger partial charge in [-0.1, -0.05) is 24.4 Å². The molecule has 1 fully saturated rings. The standard InChI is InChI=1S/C14H14ClFN2S/c15-9-5-6-11(16)10(7-9)12-13(17)19-14(18-12)8-3-1-2-4-8/h5-8H,1-4,17H2. The highest BCUT2D eigenvalue weighted by Gasteiger charge is 2.23. The van der Waals surface area contributed by atoms with Crippen molar-refractivity contribution in [3.05, 3.63) is 34.0 Å². The summed E-state index contributed by atoms with van der Waals surface area (Å²) in [7, 11) is 0. The summed E-state index contributed by atoms with van der Waals surface area (Å²) in [5.41, 5.74) is 6.93. The second kappa shape index (κ2) is 5.10. The van der Waals surface area contributed by atoms with Gasteiger partial charge in [0.2, 0.25) is 0 Å². The van der Waals surface area contributed by atoms with Gasteiger partial charge in [0.15, 0.2) is 0 Å². The number of hydrogen-bond acceptors (Lipinski definition) is 3. The maximum atomic E-state index is 13.9. The van der Waals surface area contributed by atoms with E-state index in [4.69, 9.17) is 17.3 Å². The molecule has 5 heteroatoms. The molecule has 1 aromatic carbocycles. The Morgan fingerprint density at radius 3 is 2.79 bits per heavy atom. The molecule has 2 aromatic rings. The van der Waals surface area contributed by atoms with Crippen LogP contribution in [0.2, 0.25) is 5.02 Å². The number of benzene rings is 1. The van der Waals surface area contributed by atoms with Crippen molar-refractivity contribution in [3.8, 4) is 11.3 Å². The smallest absolute Gasteiger partial charge is 0.132 e. The summed E-state index contributed by atoms with van der Waals surface area (Å²) in [6, 6.07) is 4.47. The lowest BCUT2D eigenvalue weighted by atomic mass is 10.1. The molecule has 0 aliphatic heterocycles. The van der Waals surface area contributed by atoms with Gasteiger partial charge in [-0.15, -0.1) is 11.3 Å². The first-order valence-electron chi connectivity index (χ1n) is 6.37. The van der Waals surface area contributed by atoms with Gasteiger partial charge in [0, 0.05) is 16.5 Å². The first kappa shape index (κ1) is 12.9. The Bertz CT molecular complexity index is 605. The van der Waals surface area contributed by atoms with E-state index in [0.29, 0.717) is 27.2 Å². The molecule has 2 N–H and O–H groups in total. The summed E-state index contributed by atoms with van der Waals surface area (Å²) in [5, 5.41) is 2.10. The van der Waals surface area contributed by atoms with E-state index in [2.05, 4.69) is 4.98 Å². The fraction of sp³-hybridized carbons (Fsp3) is 0.357. The number of aromatic nitrogens is 1. The molecule has 1 aliphatic carbocycles. The quantitative estimate of drug-likeness (QED) is 0.861. The summed E-state index contributed by atoms with van der Waals surface area (Å²) >= 11 is 7.40. The third-order valence-electron chi connectivity index (χ3n) is 3.56. The van der Waals surface area contributed by atoms with Crippen molar-refractivity contribution >= 4 is 27.9 Å². The average molecular weight is 297 g/mol. The summed E-state index contributed by atoms with van der Waals surface area (Å²) in [6.45, 7) is 0. The van der Waals surface area contributed by atoms with E-state index in [9.17, 15) is 4.39 Å². The largest absolute Gasteiger partial charge is 0.389 e. The van der Waals surface area contributed by atoms with E-state index in [0.717, 1.165) is 17.8 Å². The second-order valence-electron chi connectivity index (χ2n) is 4.87.